The molecule has 0 radical (unpaired) electrons. The number of hydrogen-bond donors (Lipinski definition) is 1. The molecule has 0 saturated carbocycles. The van der Waals surface area contributed by atoms with Crippen LogP contribution < -0.4 is 0 Å². The van der Waals surface area contributed by atoms with Gasteiger partial charge in [0, 0.05) is 4.86 Å². The van der Waals surface area contributed by atoms with E-state index in [1.54, 1.807) is 0 Å². The molecule has 0 unspecified atom stereocenters. The van der Waals surface area contributed by atoms with Gasteiger partial charge in [-0.2, -0.15) is 0 Å². The molecule has 0 bridgehead atoms. The Labute approximate surface area is 73.1 Å². The third-order valence-corrected chi connectivity index (χ3v) is 2.19. The Hall–Kier alpha value is 0.180. The first-order chi connectivity index (χ1) is 4.49. The zero-order valence-corrected chi connectivity index (χ0v) is 8.06. The van der Waals surface area contributed by atoms with Gasteiger partial charge in [0.05, 0.1) is 0 Å². The zero-order valence-electron chi connectivity index (χ0n) is 6.35. The van der Waals surface area contributed by atoms with E-state index in [1.165, 1.54) is 0 Å². The number of allylic oxidation sites excluding steroid dienone is 2. The summed E-state index contributed by atoms with van der Waals surface area (Å²) in [7, 11) is 0. The summed E-state index contributed by atoms with van der Waals surface area (Å²) in [5, 5.41) is 0. The molecule has 0 amide bonds. The molecule has 0 N–H and O–H groups in total. The predicted octanol–water partition coefficient (Wildman–Crippen LogP) is 2.99. The van der Waals surface area contributed by atoms with Crippen LogP contribution >= 0.6 is 24.8 Å². The molecular formula is C8H12S2. The summed E-state index contributed by atoms with van der Waals surface area (Å²) in [6, 6.07) is 0. The van der Waals surface area contributed by atoms with Crippen molar-refractivity contribution >= 4 is 29.7 Å². The van der Waals surface area contributed by atoms with Gasteiger partial charge in [-0.25, -0.2) is 0 Å². The van der Waals surface area contributed by atoms with E-state index in [0.717, 1.165) is 22.6 Å². The molecule has 0 saturated heterocycles. The quantitative estimate of drug-likeness (QED) is 0.433. The lowest BCUT2D eigenvalue weighted by molar-refractivity contribution is 0.383. The van der Waals surface area contributed by atoms with Crippen molar-refractivity contribution in [3.05, 3.63) is 11.0 Å². The molecule has 0 aliphatic heterocycles. The predicted molar refractivity (Wildman–Crippen MR) is 52.7 cm³/mol. The Morgan fingerprint density at radius 3 is 2.50 bits per heavy atom. The lowest BCUT2D eigenvalue weighted by atomic mass is 9.81. The number of thiocarbonyl (C=S) groups is 1. The van der Waals surface area contributed by atoms with Gasteiger partial charge in [-0.1, -0.05) is 26.1 Å². The molecule has 10 heavy (non-hydrogen) atoms. The summed E-state index contributed by atoms with van der Waals surface area (Å²) in [5.74, 6) is 0. The highest BCUT2D eigenvalue weighted by atomic mass is 32.1. The van der Waals surface area contributed by atoms with Gasteiger partial charge in [0.15, 0.2) is 0 Å². The molecule has 0 aromatic heterocycles. The van der Waals surface area contributed by atoms with E-state index in [9.17, 15) is 0 Å². The van der Waals surface area contributed by atoms with Crippen LogP contribution in [0.25, 0.3) is 0 Å². The monoisotopic (exact) mass is 172 g/mol. The van der Waals surface area contributed by atoms with Gasteiger partial charge in [0.1, 0.15) is 0 Å². The van der Waals surface area contributed by atoms with Gasteiger partial charge in [0.25, 0.3) is 0 Å². The Kier molecular flexibility index (Phi) is 2.21. The normalized spacial score (nSPS) is 24.3. The molecular weight excluding hydrogens is 160 g/mol. The van der Waals surface area contributed by atoms with Crippen molar-refractivity contribution < 1.29 is 0 Å². The second-order valence-electron chi connectivity index (χ2n) is 3.62. The first kappa shape index (κ1) is 8.28. The van der Waals surface area contributed by atoms with E-state index in [2.05, 4.69) is 26.5 Å². The summed E-state index contributed by atoms with van der Waals surface area (Å²) >= 11 is 9.41. The molecule has 0 fully saturated rings. The van der Waals surface area contributed by atoms with Crippen LogP contribution in [0.1, 0.15) is 26.7 Å². The largest absolute Gasteiger partial charge is 0.148 e. The van der Waals surface area contributed by atoms with Gasteiger partial charge < -0.3 is 0 Å². The topological polar surface area (TPSA) is 0 Å². The molecule has 1 rings (SSSR count). The Morgan fingerprint density at radius 1 is 1.50 bits per heavy atom. The van der Waals surface area contributed by atoms with Crippen LogP contribution in [0.3, 0.4) is 0 Å². The third kappa shape index (κ3) is 2.10. The standard InChI is InChI=1S/C8H12S2/c1-8(2)4-6(9)3-7(10)5-8/h3,9H,4-5H2,1-2H3. The Morgan fingerprint density at radius 2 is 2.10 bits per heavy atom. The van der Waals surface area contributed by atoms with Crippen molar-refractivity contribution in [2.45, 2.75) is 26.7 Å². The Balaban J connectivity index is 2.80. The molecule has 0 aromatic rings. The fraction of sp³-hybridized carbons (Fsp3) is 0.625. The zero-order chi connectivity index (χ0) is 7.78. The average molecular weight is 172 g/mol. The van der Waals surface area contributed by atoms with E-state index >= 15 is 0 Å². The smallest absolute Gasteiger partial charge is 0.0165 e. The molecule has 0 heterocycles. The van der Waals surface area contributed by atoms with E-state index < -0.39 is 0 Å². The minimum absolute atomic E-state index is 0.336. The van der Waals surface area contributed by atoms with Gasteiger partial charge in [0.2, 0.25) is 0 Å². The van der Waals surface area contributed by atoms with Crippen molar-refractivity contribution in [2.24, 2.45) is 5.41 Å². The molecule has 1 aliphatic rings. The van der Waals surface area contributed by atoms with Crippen LogP contribution in [0.15, 0.2) is 11.0 Å². The molecule has 2 heteroatoms. The maximum Gasteiger partial charge on any atom is 0.0165 e. The molecule has 56 valence electrons. The van der Waals surface area contributed by atoms with Gasteiger partial charge in [-0.05, 0) is 29.2 Å². The molecule has 0 nitrogen and oxygen atoms in total. The van der Waals surface area contributed by atoms with E-state index in [4.69, 9.17) is 12.2 Å². The van der Waals surface area contributed by atoms with Gasteiger partial charge in [-0.3, -0.25) is 0 Å². The second kappa shape index (κ2) is 2.67. The van der Waals surface area contributed by atoms with Crippen LogP contribution in [0.4, 0.5) is 0 Å². The highest BCUT2D eigenvalue weighted by molar-refractivity contribution is 7.85. The lowest BCUT2D eigenvalue weighted by Gasteiger charge is -2.28. The summed E-state index contributed by atoms with van der Waals surface area (Å²) in [4.78, 5) is 2.17. The highest BCUT2D eigenvalue weighted by Crippen LogP contribution is 2.35. The van der Waals surface area contributed by atoms with Crippen molar-refractivity contribution in [1.29, 1.82) is 0 Å². The Bertz CT molecular complexity index is 189. The second-order valence-corrected chi connectivity index (χ2v) is 4.72. The minimum atomic E-state index is 0.336. The maximum absolute atomic E-state index is 5.11. The van der Waals surface area contributed by atoms with Gasteiger partial charge >= 0.3 is 0 Å². The van der Waals surface area contributed by atoms with Crippen molar-refractivity contribution in [1.82, 2.24) is 0 Å². The lowest BCUT2D eigenvalue weighted by Crippen LogP contribution is -2.19. The number of thiol groups is 1. The maximum atomic E-state index is 5.11. The van der Waals surface area contributed by atoms with Crippen LogP contribution in [0, 0.1) is 5.41 Å². The number of hydrogen-bond acceptors (Lipinski definition) is 2. The van der Waals surface area contributed by atoms with Crippen molar-refractivity contribution in [2.75, 3.05) is 0 Å². The van der Waals surface area contributed by atoms with Gasteiger partial charge in [-0.15, -0.1) is 12.6 Å². The molecule has 1 aliphatic carbocycles. The van der Waals surface area contributed by atoms with E-state index in [0.29, 0.717) is 5.41 Å². The minimum Gasteiger partial charge on any atom is -0.148 e. The van der Waals surface area contributed by atoms with Crippen LogP contribution in [0.5, 0.6) is 0 Å². The van der Waals surface area contributed by atoms with Crippen LogP contribution in [-0.4, -0.2) is 4.86 Å². The van der Waals surface area contributed by atoms with Crippen molar-refractivity contribution in [3.63, 3.8) is 0 Å². The average Bonchev–Trinajstić information content (AvgIpc) is 1.54. The molecule has 0 aromatic carbocycles. The summed E-state index contributed by atoms with van der Waals surface area (Å²) in [6.45, 7) is 4.45. The fourth-order valence-electron chi connectivity index (χ4n) is 1.31. The summed E-state index contributed by atoms with van der Waals surface area (Å²) in [5.41, 5.74) is 0.336. The van der Waals surface area contributed by atoms with Crippen LogP contribution in [0.2, 0.25) is 0 Å². The highest BCUT2D eigenvalue weighted by Gasteiger charge is 2.23. The summed E-state index contributed by atoms with van der Waals surface area (Å²) < 4.78 is 0. The molecule has 0 atom stereocenters. The fourth-order valence-corrected chi connectivity index (χ4v) is 2.52. The van der Waals surface area contributed by atoms with Crippen molar-refractivity contribution in [3.8, 4) is 0 Å². The van der Waals surface area contributed by atoms with E-state index in [1.807, 2.05) is 6.08 Å². The third-order valence-electron chi connectivity index (χ3n) is 1.64. The first-order valence-electron chi connectivity index (χ1n) is 3.42. The summed E-state index contributed by atoms with van der Waals surface area (Å²) in [6.07, 6.45) is 4.10. The number of rotatable bonds is 0. The molecule has 0 spiro atoms. The van der Waals surface area contributed by atoms with Crippen LogP contribution in [-0.2, 0) is 0 Å². The first-order valence-corrected chi connectivity index (χ1v) is 4.27. The SMILES string of the molecule is CC1(C)CC(=S)C=C(S)C1. The van der Waals surface area contributed by atoms with E-state index in [-0.39, 0.29) is 0 Å².